The number of rotatable bonds is 4. The molecule has 4 rings (SSSR count). The van der Waals surface area contributed by atoms with E-state index in [1.54, 1.807) is 4.68 Å². The van der Waals surface area contributed by atoms with E-state index in [4.69, 9.17) is 17.3 Å². The van der Waals surface area contributed by atoms with Crippen LogP contribution in [-0.2, 0) is 13.1 Å². The van der Waals surface area contributed by atoms with Crippen LogP contribution in [0.15, 0.2) is 18.2 Å². The first-order valence-electron chi connectivity index (χ1n) is 9.71. The largest absolute Gasteiger partial charge is 0.401 e. The number of carbonyl (C=O) groups excluding carboxylic acids is 2. The Bertz CT molecular complexity index is 1070. The molecular weight excluding hydrogens is 456 g/mol. The lowest BCUT2D eigenvalue weighted by Crippen LogP contribution is -2.62. The van der Waals surface area contributed by atoms with Crippen LogP contribution in [0.25, 0.3) is 11.3 Å². The summed E-state index contributed by atoms with van der Waals surface area (Å²) < 4.78 is 52.3. The molecule has 2 aliphatic heterocycles. The van der Waals surface area contributed by atoms with E-state index in [1.165, 1.54) is 21.9 Å². The molecule has 0 saturated carbocycles. The van der Waals surface area contributed by atoms with Crippen molar-refractivity contribution >= 4 is 23.5 Å². The molecule has 2 aromatic rings. The number of hydrogen-bond acceptors (Lipinski definition) is 4. The summed E-state index contributed by atoms with van der Waals surface area (Å²) in [6.45, 7) is -0.201. The quantitative estimate of drug-likeness (QED) is 0.664. The molecule has 0 bridgehead atoms. The lowest BCUT2D eigenvalue weighted by Gasteiger charge is -2.41. The number of primary amides is 1. The van der Waals surface area contributed by atoms with Crippen LogP contribution in [-0.4, -0.2) is 69.9 Å². The number of likely N-dealkylation sites (tertiary alicyclic amines) is 1. The van der Waals surface area contributed by atoms with Crippen molar-refractivity contribution in [2.45, 2.75) is 25.3 Å². The normalized spacial score (nSPS) is 17.1. The van der Waals surface area contributed by atoms with Gasteiger partial charge in [0.2, 0.25) is 0 Å². The lowest BCUT2D eigenvalue weighted by atomic mass is 10.0. The van der Waals surface area contributed by atoms with Crippen molar-refractivity contribution in [3.63, 3.8) is 0 Å². The summed E-state index contributed by atoms with van der Waals surface area (Å²) >= 11 is 5.85. The van der Waals surface area contributed by atoms with Crippen LogP contribution in [0.1, 0.15) is 16.1 Å². The molecule has 0 atom stereocenters. The third-order valence-corrected chi connectivity index (χ3v) is 5.68. The van der Waals surface area contributed by atoms with Gasteiger partial charge in [0.05, 0.1) is 42.0 Å². The Morgan fingerprint density at radius 3 is 2.59 bits per heavy atom. The maximum Gasteiger partial charge on any atom is 0.401 e. The Morgan fingerprint density at radius 2 is 1.97 bits per heavy atom. The summed E-state index contributed by atoms with van der Waals surface area (Å²) in [7, 11) is 0. The molecule has 0 radical (unpaired) electrons. The molecule has 1 saturated heterocycles. The van der Waals surface area contributed by atoms with Crippen LogP contribution < -0.4 is 11.1 Å². The van der Waals surface area contributed by atoms with Crippen molar-refractivity contribution in [2.24, 2.45) is 5.73 Å². The summed E-state index contributed by atoms with van der Waals surface area (Å²) in [6.07, 6.45) is -4.28. The highest BCUT2D eigenvalue weighted by Gasteiger charge is 2.38. The van der Waals surface area contributed by atoms with Gasteiger partial charge in [-0.3, -0.25) is 14.4 Å². The molecule has 3 N–H and O–H groups in total. The third kappa shape index (κ3) is 4.51. The van der Waals surface area contributed by atoms with Crippen molar-refractivity contribution in [3.8, 4) is 11.3 Å². The number of amides is 3. The Balaban J connectivity index is 1.47. The third-order valence-electron chi connectivity index (χ3n) is 5.39. The van der Waals surface area contributed by atoms with Gasteiger partial charge in [-0.15, -0.1) is 0 Å². The second-order valence-electron chi connectivity index (χ2n) is 7.76. The summed E-state index contributed by atoms with van der Waals surface area (Å²) in [4.78, 5) is 27.4. The summed E-state index contributed by atoms with van der Waals surface area (Å²) in [5, 5.41) is 6.97. The number of halogens is 5. The number of nitrogens with one attached hydrogen (secondary N) is 1. The molecule has 1 aromatic carbocycles. The van der Waals surface area contributed by atoms with E-state index >= 15 is 0 Å². The predicted octanol–water partition coefficient (Wildman–Crippen LogP) is 2.21. The number of nitrogens with zero attached hydrogens (tertiary/aromatic N) is 4. The number of benzene rings is 1. The molecule has 3 heterocycles. The minimum atomic E-state index is -4.28. The van der Waals surface area contributed by atoms with Crippen LogP contribution in [0.3, 0.4) is 0 Å². The molecule has 0 aliphatic carbocycles. The van der Waals surface area contributed by atoms with Gasteiger partial charge in [-0.2, -0.15) is 18.3 Å². The standard InChI is InChI=1S/C19H19ClF4N6O2/c20-12-5-10(1-2-13(12)21)16-15(17(25)31)14-8-29(3-4-30(14)27-16)18(32)26-11-6-28(7-11)9-19(22,23)24/h1-2,5,11H,3-4,6-9H2,(H2,25,31)(H,26,32). The van der Waals surface area contributed by atoms with Crippen molar-refractivity contribution in [1.29, 1.82) is 0 Å². The van der Waals surface area contributed by atoms with Gasteiger partial charge >= 0.3 is 12.2 Å². The first-order chi connectivity index (χ1) is 15.0. The molecular formula is C19H19ClF4N6O2. The SMILES string of the molecule is NC(=O)c1c(-c2ccc(F)c(Cl)c2)nn2c1CN(C(=O)NC1CN(CC(F)(F)F)C1)CC2. The van der Waals surface area contributed by atoms with Gasteiger partial charge in [0.25, 0.3) is 5.91 Å². The van der Waals surface area contributed by atoms with E-state index in [2.05, 4.69) is 10.4 Å². The smallest absolute Gasteiger partial charge is 0.365 e. The van der Waals surface area contributed by atoms with Gasteiger partial charge in [-0.1, -0.05) is 11.6 Å². The molecule has 172 valence electrons. The topological polar surface area (TPSA) is 96.5 Å². The highest BCUT2D eigenvalue weighted by atomic mass is 35.5. The molecule has 2 aliphatic rings. The van der Waals surface area contributed by atoms with Crippen LogP contribution in [0.5, 0.6) is 0 Å². The average molecular weight is 475 g/mol. The van der Waals surface area contributed by atoms with Crippen molar-refractivity contribution < 1.29 is 27.2 Å². The van der Waals surface area contributed by atoms with Gasteiger partial charge in [-0.05, 0) is 18.2 Å². The first kappa shape index (κ1) is 22.3. The number of carbonyl (C=O) groups is 2. The summed E-state index contributed by atoms with van der Waals surface area (Å²) in [5.74, 6) is -1.38. The predicted molar refractivity (Wildman–Crippen MR) is 106 cm³/mol. The summed E-state index contributed by atoms with van der Waals surface area (Å²) in [5.41, 5.74) is 6.73. The molecule has 3 amide bonds. The van der Waals surface area contributed by atoms with Gasteiger partial charge in [0.1, 0.15) is 11.5 Å². The zero-order valence-corrected chi connectivity index (χ0v) is 17.4. The number of aromatic nitrogens is 2. The van der Waals surface area contributed by atoms with Crippen LogP contribution in [0.4, 0.5) is 22.4 Å². The number of fused-ring (bicyclic) bond motifs is 1. The molecule has 13 heteroatoms. The van der Waals surface area contributed by atoms with E-state index in [0.29, 0.717) is 11.3 Å². The van der Waals surface area contributed by atoms with Crippen molar-refractivity contribution in [2.75, 3.05) is 26.2 Å². The maximum atomic E-state index is 13.5. The Morgan fingerprint density at radius 1 is 1.25 bits per heavy atom. The fraction of sp³-hybridized carbons (Fsp3) is 0.421. The van der Waals surface area contributed by atoms with Gasteiger partial charge in [-0.25, -0.2) is 9.18 Å². The number of alkyl halides is 3. The van der Waals surface area contributed by atoms with Crippen LogP contribution in [0.2, 0.25) is 5.02 Å². The Kier molecular flexibility index (Phi) is 5.76. The molecule has 1 aromatic heterocycles. The monoisotopic (exact) mass is 474 g/mol. The second-order valence-corrected chi connectivity index (χ2v) is 8.17. The van der Waals surface area contributed by atoms with Gasteiger partial charge < -0.3 is 16.0 Å². The molecule has 8 nitrogen and oxygen atoms in total. The average Bonchev–Trinajstić information content (AvgIpc) is 3.06. The molecule has 1 fully saturated rings. The second kappa shape index (κ2) is 8.24. The highest BCUT2D eigenvalue weighted by molar-refractivity contribution is 6.31. The number of hydrogen-bond donors (Lipinski definition) is 2. The maximum absolute atomic E-state index is 13.5. The van der Waals surface area contributed by atoms with E-state index in [9.17, 15) is 27.2 Å². The number of urea groups is 1. The van der Waals surface area contributed by atoms with E-state index in [-0.39, 0.29) is 55.0 Å². The van der Waals surface area contributed by atoms with E-state index in [0.717, 1.165) is 6.07 Å². The molecule has 0 unspecified atom stereocenters. The Labute approximate surface area is 184 Å². The van der Waals surface area contributed by atoms with Gasteiger partial charge in [0.15, 0.2) is 0 Å². The number of nitrogens with two attached hydrogens (primary N) is 1. The minimum Gasteiger partial charge on any atom is -0.365 e. The van der Waals surface area contributed by atoms with E-state index in [1.807, 2.05) is 0 Å². The highest BCUT2D eigenvalue weighted by Crippen LogP contribution is 2.30. The molecule has 32 heavy (non-hydrogen) atoms. The van der Waals surface area contributed by atoms with Crippen LogP contribution in [0, 0.1) is 5.82 Å². The lowest BCUT2D eigenvalue weighted by molar-refractivity contribution is -0.155. The minimum absolute atomic E-state index is 0.0328. The summed E-state index contributed by atoms with van der Waals surface area (Å²) in [6, 6.07) is 3.09. The Hall–Kier alpha value is -2.86. The van der Waals surface area contributed by atoms with Gasteiger partial charge in [0, 0.05) is 25.2 Å². The molecule has 0 spiro atoms. The van der Waals surface area contributed by atoms with Crippen molar-refractivity contribution in [1.82, 2.24) is 24.9 Å². The zero-order chi connectivity index (χ0) is 23.2. The van der Waals surface area contributed by atoms with Crippen LogP contribution >= 0.6 is 11.6 Å². The van der Waals surface area contributed by atoms with Crippen molar-refractivity contribution in [3.05, 3.63) is 40.3 Å². The van der Waals surface area contributed by atoms with E-state index < -0.39 is 30.5 Å². The first-order valence-corrected chi connectivity index (χ1v) is 10.1. The zero-order valence-electron chi connectivity index (χ0n) is 16.6. The fourth-order valence-corrected chi connectivity index (χ4v) is 4.09. The fourth-order valence-electron chi connectivity index (χ4n) is 3.91.